The Morgan fingerprint density at radius 2 is 1.93 bits per heavy atom. The summed E-state index contributed by atoms with van der Waals surface area (Å²) in [5.74, 6) is 0.0976. The van der Waals surface area contributed by atoms with Crippen molar-refractivity contribution in [3.8, 4) is 5.75 Å². The van der Waals surface area contributed by atoms with E-state index < -0.39 is 5.25 Å². The Balaban J connectivity index is 1.61. The average molecular weight is 398 g/mol. The molecule has 2 amide bonds. The highest BCUT2D eigenvalue weighted by molar-refractivity contribution is 8.15. The maximum absolute atomic E-state index is 12.3. The van der Waals surface area contributed by atoms with Crippen molar-refractivity contribution in [3.05, 3.63) is 48.5 Å². The summed E-state index contributed by atoms with van der Waals surface area (Å²) in [7, 11) is 5.47. The lowest BCUT2D eigenvalue weighted by Crippen LogP contribution is -2.28. The minimum absolute atomic E-state index is 0.0487. The van der Waals surface area contributed by atoms with Gasteiger partial charge in [-0.3, -0.25) is 9.59 Å². The molecule has 0 spiro atoms. The number of amides is 2. The molecule has 1 atom stereocenters. The standard InChI is InChI=1S/C20H22N4O3S/c1-24(2)14-10-8-13(9-11-14)21-20-23-19(26)17(28-20)12-18(25)22-15-6-4-5-7-16(15)27-3/h4-11,17H,12H2,1-3H3,(H,22,25)(H,21,23,26). The van der Waals surface area contributed by atoms with Gasteiger partial charge >= 0.3 is 0 Å². The number of carbonyl (C=O) groups is 2. The number of para-hydroxylation sites is 2. The Morgan fingerprint density at radius 1 is 1.21 bits per heavy atom. The van der Waals surface area contributed by atoms with Crippen LogP contribution in [-0.2, 0) is 9.59 Å². The van der Waals surface area contributed by atoms with Crippen LogP contribution in [0.3, 0.4) is 0 Å². The fraction of sp³-hybridized carbons (Fsp3) is 0.250. The van der Waals surface area contributed by atoms with Crippen molar-refractivity contribution in [2.24, 2.45) is 4.99 Å². The first-order valence-corrected chi connectivity index (χ1v) is 9.60. The molecular formula is C20H22N4O3S. The van der Waals surface area contributed by atoms with E-state index >= 15 is 0 Å². The highest BCUT2D eigenvalue weighted by atomic mass is 32.2. The Labute approximate surface area is 168 Å². The fourth-order valence-corrected chi connectivity index (χ4v) is 3.64. The number of aliphatic imine (C=N–C) groups is 1. The molecule has 1 saturated heterocycles. The third-order valence-corrected chi connectivity index (χ3v) is 5.21. The van der Waals surface area contributed by atoms with Crippen molar-refractivity contribution < 1.29 is 14.3 Å². The molecule has 3 rings (SSSR count). The van der Waals surface area contributed by atoms with Crippen LogP contribution in [0.4, 0.5) is 17.1 Å². The van der Waals surface area contributed by atoms with Gasteiger partial charge in [0.05, 0.1) is 18.5 Å². The van der Waals surface area contributed by atoms with Crippen LogP contribution in [0.5, 0.6) is 5.75 Å². The molecule has 1 heterocycles. The summed E-state index contributed by atoms with van der Waals surface area (Å²) in [6.07, 6.45) is 0.0487. The fourth-order valence-electron chi connectivity index (χ4n) is 2.65. The highest BCUT2D eigenvalue weighted by Crippen LogP contribution is 2.28. The predicted octanol–water partition coefficient (Wildman–Crippen LogP) is 3.01. The lowest BCUT2D eigenvalue weighted by molar-refractivity contribution is -0.122. The molecule has 2 N–H and O–H groups in total. The van der Waals surface area contributed by atoms with Gasteiger partial charge in [-0.25, -0.2) is 4.99 Å². The summed E-state index contributed by atoms with van der Waals surface area (Å²) < 4.78 is 5.22. The molecule has 2 aromatic rings. The second-order valence-corrected chi connectivity index (χ2v) is 7.57. The van der Waals surface area contributed by atoms with E-state index in [4.69, 9.17) is 4.74 Å². The van der Waals surface area contributed by atoms with Crippen molar-refractivity contribution in [1.82, 2.24) is 5.32 Å². The number of nitrogens with one attached hydrogen (secondary N) is 2. The lowest BCUT2D eigenvalue weighted by Gasteiger charge is -2.11. The van der Waals surface area contributed by atoms with Gasteiger partial charge in [-0.05, 0) is 36.4 Å². The minimum Gasteiger partial charge on any atom is -0.495 e. The smallest absolute Gasteiger partial charge is 0.240 e. The molecule has 146 valence electrons. The molecule has 1 fully saturated rings. The summed E-state index contributed by atoms with van der Waals surface area (Å²) in [6.45, 7) is 0. The number of thioether (sulfide) groups is 1. The first-order valence-electron chi connectivity index (χ1n) is 8.72. The predicted molar refractivity (Wildman–Crippen MR) is 114 cm³/mol. The number of benzene rings is 2. The van der Waals surface area contributed by atoms with E-state index in [2.05, 4.69) is 15.6 Å². The maximum Gasteiger partial charge on any atom is 0.240 e. The molecule has 8 heteroatoms. The molecule has 2 aromatic carbocycles. The molecule has 1 unspecified atom stereocenters. The Kier molecular flexibility index (Phi) is 6.20. The zero-order chi connectivity index (χ0) is 20.1. The number of anilines is 2. The van der Waals surface area contributed by atoms with Crippen LogP contribution in [0.25, 0.3) is 0 Å². The van der Waals surface area contributed by atoms with Gasteiger partial charge in [0.25, 0.3) is 0 Å². The van der Waals surface area contributed by atoms with Crippen LogP contribution >= 0.6 is 11.8 Å². The number of amidine groups is 1. The molecule has 28 heavy (non-hydrogen) atoms. The zero-order valence-electron chi connectivity index (χ0n) is 15.9. The molecule has 7 nitrogen and oxygen atoms in total. The van der Waals surface area contributed by atoms with Gasteiger partial charge in [0, 0.05) is 26.2 Å². The number of rotatable bonds is 6. The summed E-state index contributed by atoms with van der Waals surface area (Å²) in [6, 6.07) is 14.8. The van der Waals surface area contributed by atoms with E-state index in [-0.39, 0.29) is 18.2 Å². The van der Waals surface area contributed by atoms with Crippen LogP contribution in [-0.4, -0.2) is 43.4 Å². The quantitative estimate of drug-likeness (QED) is 0.782. The summed E-state index contributed by atoms with van der Waals surface area (Å²) in [4.78, 5) is 31.0. The Hall–Kier alpha value is -3.00. The van der Waals surface area contributed by atoms with Crippen LogP contribution in [0, 0.1) is 0 Å². The summed E-state index contributed by atoms with van der Waals surface area (Å²) in [5, 5.41) is 5.51. The number of nitrogens with zero attached hydrogens (tertiary/aromatic N) is 2. The summed E-state index contributed by atoms with van der Waals surface area (Å²) in [5.41, 5.74) is 2.39. The van der Waals surface area contributed by atoms with Crippen molar-refractivity contribution in [3.63, 3.8) is 0 Å². The second kappa shape index (κ2) is 8.79. The van der Waals surface area contributed by atoms with E-state index in [0.717, 1.165) is 11.4 Å². The van der Waals surface area contributed by atoms with E-state index in [1.165, 1.54) is 11.8 Å². The molecule has 1 aliphatic rings. The van der Waals surface area contributed by atoms with Gasteiger partial charge < -0.3 is 20.3 Å². The number of methoxy groups -OCH3 is 1. The van der Waals surface area contributed by atoms with E-state index in [1.807, 2.05) is 55.4 Å². The van der Waals surface area contributed by atoms with Crippen LogP contribution in [0.2, 0.25) is 0 Å². The minimum atomic E-state index is -0.519. The van der Waals surface area contributed by atoms with Crippen molar-refractivity contribution in [2.45, 2.75) is 11.7 Å². The molecule has 0 radical (unpaired) electrons. The van der Waals surface area contributed by atoms with E-state index in [1.54, 1.807) is 19.2 Å². The van der Waals surface area contributed by atoms with E-state index in [9.17, 15) is 9.59 Å². The van der Waals surface area contributed by atoms with Gasteiger partial charge in [0.1, 0.15) is 11.0 Å². The average Bonchev–Trinajstić information content (AvgIpc) is 3.01. The third kappa shape index (κ3) is 4.83. The molecular weight excluding hydrogens is 376 g/mol. The van der Waals surface area contributed by atoms with Crippen LogP contribution in [0.15, 0.2) is 53.5 Å². The van der Waals surface area contributed by atoms with Gasteiger partial charge in [-0.2, -0.15) is 0 Å². The van der Waals surface area contributed by atoms with Gasteiger partial charge in [-0.15, -0.1) is 0 Å². The number of hydrogen-bond acceptors (Lipinski definition) is 6. The zero-order valence-corrected chi connectivity index (χ0v) is 16.7. The Morgan fingerprint density at radius 3 is 2.61 bits per heavy atom. The van der Waals surface area contributed by atoms with E-state index in [0.29, 0.717) is 16.6 Å². The molecule has 0 aliphatic carbocycles. The number of carbonyl (C=O) groups excluding carboxylic acids is 2. The third-order valence-electron chi connectivity index (χ3n) is 4.13. The molecule has 0 aromatic heterocycles. The van der Waals surface area contributed by atoms with Crippen molar-refractivity contribution >= 4 is 45.8 Å². The second-order valence-electron chi connectivity index (χ2n) is 6.38. The van der Waals surface area contributed by atoms with Gasteiger partial charge in [-0.1, -0.05) is 23.9 Å². The Bertz CT molecular complexity index is 897. The first kappa shape index (κ1) is 19.8. The molecule has 0 saturated carbocycles. The van der Waals surface area contributed by atoms with Gasteiger partial charge in [0.15, 0.2) is 5.17 Å². The molecule has 1 aliphatic heterocycles. The maximum atomic E-state index is 12.3. The number of ether oxygens (including phenoxy) is 1. The number of hydrogen-bond donors (Lipinski definition) is 2. The molecule has 0 bridgehead atoms. The van der Waals surface area contributed by atoms with Gasteiger partial charge in [0.2, 0.25) is 11.8 Å². The lowest BCUT2D eigenvalue weighted by atomic mass is 10.2. The van der Waals surface area contributed by atoms with Crippen molar-refractivity contribution in [2.75, 3.05) is 31.4 Å². The first-order chi connectivity index (χ1) is 13.5. The monoisotopic (exact) mass is 398 g/mol. The van der Waals surface area contributed by atoms with Crippen molar-refractivity contribution in [1.29, 1.82) is 0 Å². The summed E-state index contributed by atoms with van der Waals surface area (Å²) >= 11 is 1.26. The normalized spacial score (nSPS) is 17.3. The SMILES string of the molecule is COc1ccccc1NC(=O)CC1SC(=Nc2ccc(N(C)C)cc2)NC1=O. The largest absolute Gasteiger partial charge is 0.495 e. The highest BCUT2D eigenvalue weighted by Gasteiger charge is 2.32. The van der Waals surface area contributed by atoms with Crippen LogP contribution < -0.4 is 20.3 Å². The van der Waals surface area contributed by atoms with Crippen LogP contribution in [0.1, 0.15) is 6.42 Å². The topological polar surface area (TPSA) is 83.0 Å².